The normalized spacial score (nSPS) is 21.8. The highest BCUT2D eigenvalue weighted by molar-refractivity contribution is 5.93. The number of hydrogen-bond donors (Lipinski definition) is 2. The highest BCUT2D eigenvalue weighted by Crippen LogP contribution is 2.37. The van der Waals surface area contributed by atoms with Gasteiger partial charge in [-0.05, 0) is 38.6 Å². The van der Waals surface area contributed by atoms with Crippen LogP contribution < -0.4 is 11.1 Å². The Morgan fingerprint density at radius 1 is 1.38 bits per heavy atom. The second-order valence-electron chi connectivity index (χ2n) is 6.96. The van der Waals surface area contributed by atoms with Gasteiger partial charge in [0.2, 0.25) is 0 Å². The number of likely N-dealkylation sites (N-methyl/N-ethyl adjacent to an activating group) is 1. The molecule has 2 aliphatic rings. The van der Waals surface area contributed by atoms with Crippen molar-refractivity contribution in [2.45, 2.75) is 26.2 Å². The lowest BCUT2D eigenvalue weighted by Gasteiger charge is -2.16. The quantitative estimate of drug-likeness (QED) is 0.804. The van der Waals surface area contributed by atoms with Gasteiger partial charge in [-0.25, -0.2) is 4.79 Å². The lowest BCUT2D eigenvalue weighted by Crippen LogP contribution is -2.33. The molecule has 1 aromatic rings. The molecule has 2 amide bonds. The molecule has 1 aromatic heterocycles. The maximum absolute atomic E-state index is 12.2. The SMILES string of the molecule is C=C/C=C(\C)CNC.NC(=O)c1cnn(C(=O)N2CC3CCCC3C2)c1. The number of carbonyl (C=O) groups excluding carboxylic acids is 2. The summed E-state index contributed by atoms with van der Waals surface area (Å²) in [5, 5.41) is 6.94. The average molecular weight is 359 g/mol. The average Bonchev–Trinajstić information content (AvgIpc) is 3.31. The molecule has 1 saturated carbocycles. The number of aromatic nitrogens is 2. The highest BCUT2D eigenvalue weighted by atomic mass is 16.2. The van der Waals surface area contributed by atoms with Gasteiger partial charge in [0.15, 0.2) is 0 Å². The second-order valence-corrected chi connectivity index (χ2v) is 6.96. The van der Waals surface area contributed by atoms with Gasteiger partial charge >= 0.3 is 6.03 Å². The van der Waals surface area contributed by atoms with Gasteiger partial charge in [-0.2, -0.15) is 9.78 Å². The largest absolute Gasteiger partial charge is 0.366 e. The highest BCUT2D eigenvalue weighted by Gasteiger charge is 2.38. The molecular weight excluding hydrogens is 330 g/mol. The molecule has 142 valence electrons. The van der Waals surface area contributed by atoms with Gasteiger partial charge in [0.25, 0.3) is 5.91 Å². The molecule has 2 fully saturated rings. The third-order valence-corrected chi connectivity index (χ3v) is 4.92. The molecule has 0 spiro atoms. The lowest BCUT2D eigenvalue weighted by atomic mass is 10.0. The van der Waals surface area contributed by atoms with E-state index in [1.807, 2.05) is 18.0 Å². The molecular formula is C19H29N5O2. The molecule has 2 unspecified atom stereocenters. The van der Waals surface area contributed by atoms with Crippen LogP contribution >= 0.6 is 0 Å². The molecule has 0 radical (unpaired) electrons. The Bertz CT molecular complexity index is 667. The zero-order valence-corrected chi connectivity index (χ0v) is 15.6. The van der Waals surface area contributed by atoms with Crippen molar-refractivity contribution >= 4 is 11.9 Å². The molecule has 7 nitrogen and oxygen atoms in total. The van der Waals surface area contributed by atoms with E-state index in [4.69, 9.17) is 5.73 Å². The number of fused-ring (bicyclic) bond motifs is 1. The molecule has 3 rings (SSSR count). The number of primary amides is 1. The molecule has 1 saturated heterocycles. The number of nitrogens with zero attached hydrogens (tertiary/aromatic N) is 3. The molecule has 2 atom stereocenters. The topological polar surface area (TPSA) is 93.2 Å². The van der Waals surface area contributed by atoms with E-state index in [1.54, 1.807) is 6.08 Å². The van der Waals surface area contributed by atoms with Crippen molar-refractivity contribution in [1.82, 2.24) is 20.0 Å². The van der Waals surface area contributed by atoms with Crippen LogP contribution in [0.15, 0.2) is 36.7 Å². The smallest absolute Gasteiger partial charge is 0.344 e. The molecule has 2 heterocycles. The zero-order chi connectivity index (χ0) is 19.1. The summed E-state index contributed by atoms with van der Waals surface area (Å²) in [6, 6.07) is -0.156. The Morgan fingerprint density at radius 2 is 2.04 bits per heavy atom. The van der Waals surface area contributed by atoms with Gasteiger partial charge in [-0.15, -0.1) is 0 Å². The molecule has 7 heteroatoms. The van der Waals surface area contributed by atoms with Crippen LogP contribution in [0.5, 0.6) is 0 Å². The van der Waals surface area contributed by atoms with E-state index in [-0.39, 0.29) is 11.6 Å². The van der Waals surface area contributed by atoms with Crippen molar-refractivity contribution in [2.24, 2.45) is 17.6 Å². The lowest BCUT2D eigenvalue weighted by molar-refractivity contribution is 0.100. The third-order valence-electron chi connectivity index (χ3n) is 4.92. The monoisotopic (exact) mass is 359 g/mol. The molecule has 1 aliphatic heterocycles. The minimum absolute atomic E-state index is 0.156. The maximum atomic E-state index is 12.2. The van der Waals surface area contributed by atoms with Crippen molar-refractivity contribution in [3.63, 3.8) is 0 Å². The van der Waals surface area contributed by atoms with Crippen LogP contribution in [0.2, 0.25) is 0 Å². The van der Waals surface area contributed by atoms with E-state index in [1.165, 1.54) is 41.9 Å². The van der Waals surface area contributed by atoms with E-state index < -0.39 is 5.91 Å². The fourth-order valence-corrected chi connectivity index (χ4v) is 3.63. The number of carbonyl (C=O) groups is 2. The summed E-state index contributed by atoms with van der Waals surface area (Å²) in [6.45, 7) is 8.23. The van der Waals surface area contributed by atoms with Gasteiger partial charge in [-0.3, -0.25) is 4.79 Å². The summed E-state index contributed by atoms with van der Waals surface area (Å²) in [5.41, 5.74) is 6.71. The summed E-state index contributed by atoms with van der Waals surface area (Å²) >= 11 is 0. The minimum atomic E-state index is -0.563. The van der Waals surface area contributed by atoms with Crippen LogP contribution in [0.25, 0.3) is 0 Å². The molecule has 0 bridgehead atoms. The van der Waals surface area contributed by atoms with Crippen LogP contribution in [0.3, 0.4) is 0 Å². The molecule has 26 heavy (non-hydrogen) atoms. The van der Waals surface area contributed by atoms with Crippen molar-refractivity contribution < 1.29 is 9.59 Å². The van der Waals surface area contributed by atoms with Crippen molar-refractivity contribution in [3.05, 3.63) is 42.3 Å². The summed E-state index contributed by atoms with van der Waals surface area (Å²) in [6.07, 6.45) is 10.3. The van der Waals surface area contributed by atoms with Crippen molar-refractivity contribution in [1.29, 1.82) is 0 Å². The second kappa shape index (κ2) is 9.33. The first-order valence-electron chi connectivity index (χ1n) is 9.02. The number of allylic oxidation sites excluding steroid dienone is 2. The van der Waals surface area contributed by atoms with Gasteiger partial charge in [0.1, 0.15) is 0 Å². The number of amides is 2. The molecule has 3 N–H and O–H groups in total. The van der Waals surface area contributed by atoms with Crippen LogP contribution in [0.4, 0.5) is 4.79 Å². The Balaban J connectivity index is 0.000000260. The fraction of sp³-hybridized carbons (Fsp3) is 0.526. The van der Waals surface area contributed by atoms with E-state index >= 15 is 0 Å². The predicted octanol–water partition coefficient (Wildman–Crippen LogP) is 2.02. The molecule has 0 aromatic carbocycles. The van der Waals surface area contributed by atoms with E-state index in [0.29, 0.717) is 11.8 Å². The first-order valence-corrected chi connectivity index (χ1v) is 9.02. The predicted molar refractivity (Wildman–Crippen MR) is 102 cm³/mol. The number of hydrogen-bond acceptors (Lipinski definition) is 4. The maximum Gasteiger partial charge on any atom is 0.344 e. The van der Waals surface area contributed by atoms with Crippen LogP contribution in [-0.4, -0.2) is 53.3 Å². The summed E-state index contributed by atoms with van der Waals surface area (Å²) in [7, 11) is 1.93. The van der Waals surface area contributed by atoms with Gasteiger partial charge in [-0.1, -0.05) is 30.7 Å². The summed E-state index contributed by atoms with van der Waals surface area (Å²) in [5.74, 6) is 0.743. The first-order chi connectivity index (χ1) is 12.5. The standard InChI is InChI=1S/C12H16N4O2.C7H13N/c13-11(17)10-4-14-16(7-10)12(18)15-5-8-2-1-3-9(8)6-15;1-4-5-7(2)6-8-3/h4,7-9H,1-3,5-6H2,(H2,13,17);4-5,8H,1,6H2,2-3H3/b;7-5+. The van der Waals surface area contributed by atoms with Gasteiger partial charge < -0.3 is 16.0 Å². The van der Waals surface area contributed by atoms with Crippen LogP contribution in [0.1, 0.15) is 36.5 Å². The summed E-state index contributed by atoms with van der Waals surface area (Å²) < 4.78 is 1.21. The van der Waals surface area contributed by atoms with E-state index in [2.05, 4.69) is 23.9 Å². The fourth-order valence-electron chi connectivity index (χ4n) is 3.63. The Morgan fingerprint density at radius 3 is 2.54 bits per heavy atom. The van der Waals surface area contributed by atoms with Crippen molar-refractivity contribution in [3.8, 4) is 0 Å². The Labute approximate surface area is 154 Å². The van der Waals surface area contributed by atoms with Crippen LogP contribution in [0, 0.1) is 11.8 Å². The molecule has 1 aliphatic carbocycles. The Hall–Kier alpha value is -2.41. The van der Waals surface area contributed by atoms with Gasteiger partial charge in [0, 0.05) is 25.8 Å². The third kappa shape index (κ3) is 5.05. The summed E-state index contributed by atoms with van der Waals surface area (Å²) in [4.78, 5) is 25.0. The zero-order valence-electron chi connectivity index (χ0n) is 15.6. The minimum Gasteiger partial charge on any atom is -0.366 e. The number of likely N-dealkylation sites (tertiary alicyclic amines) is 1. The van der Waals surface area contributed by atoms with Crippen LogP contribution in [-0.2, 0) is 0 Å². The Kier molecular flexibility index (Phi) is 7.15. The van der Waals surface area contributed by atoms with Gasteiger partial charge in [0.05, 0.1) is 11.8 Å². The number of nitrogens with two attached hydrogens (primary N) is 1. The first kappa shape index (κ1) is 19.9. The number of rotatable bonds is 4. The van der Waals surface area contributed by atoms with Crippen molar-refractivity contribution in [2.75, 3.05) is 26.7 Å². The van der Waals surface area contributed by atoms with E-state index in [0.717, 1.165) is 19.6 Å². The van der Waals surface area contributed by atoms with E-state index in [9.17, 15) is 9.59 Å². The number of nitrogens with one attached hydrogen (secondary N) is 1.